The maximum Gasteiger partial charge on any atom is 0.225 e. The number of alkyl halides is 1. The number of amides is 1. The second-order valence-corrected chi connectivity index (χ2v) is 5.64. The summed E-state index contributed by atoms with van der Waals surface area (Å²) in [7, 11) is 0. The summed E-state index contributed by atoms with van der Waals surface area (Å²) in [5.41, 5.74) is 0. The molecule has 1 aromatic heterocycles. The highest BCUT2D eigenvalue weighted by Crippen LogP contribution is 2.10. The van der Waals surface area contributed by atoms with E-state index < -0.39 is 0 Å². The Morgan fingerprint density at radius 2 is 2.44 bits per heavy atom. The third-order valence-electron chi connectivity index (χ3n) is 2.60. The first kappa shape index (κ1) is 13.7. The van der Waals surface area contributed by atoms with Gasteiger partial charge in [0, 0.05) is 16.8 Å². The Labute approximate surface area is 110 Å². The van der Waals surface area contributed by atoms with Crippen LogP contribution in [-0.2, 0) is 11.2 Å². The van der Waals surface area contributed by atoms with Gasteiger partial charge in [0.05, 0.1) is 6.42 Å². The fraction of sp³-hybridized carbons (Fsp3) is 0.583. The molecule has 0 aromatic carbocycles. The van der Waals surface area contributed by atoms with E-state index in [1.54, 1.807) is 11.3 Å². The van der Waals surface area contributed by atoms with Crippen molar-refractivity contribution in [1.82, 2.24) is 5.32 Å². The van der Waals surface area contributed by atoms with Gasteiger partial charge in [-0.15, -0.1) is 11.3 Å². The normalized spacial score (nSPS) is 12.4. The molecule has 0 radical (unpaired) electrons. The Morgan fingerprint density at radius 3 is 3.00 bits per heavy atom. The van der Waals surface area contributed by atoms with E-state index in [1.165, 1.54) is 0 Å². The molecule has 1 amide bonds. The minimum atomic E-state index is 0.135. The molecule has 0 bridgehead atoms. The summed E-state index contributed by atoms with van der Waals surface area (Å²) in [6, 6.07) is 3.98. The summed E-state index contributed by atoms with van der Waals surface area (Å²) in [6.07, 6.45) is 2.75. The van der Waals surface area contributed by atoms with Crippen molar-refractivity contribution in [2.75, 3.05) is 11.9 Å². The van der Waals surface area contributed by atoms with Crippen LogP contribution in [0.1, 0.15) is 24.6 Å². The lowest BCUT2D eigenvalue weighted by Gasteiger charge is -2.13. The number of hydrogen-bond donors (Lipinski definition) is 1. The SMILES string of the molecule is CCC(CCBr)CNC(=O)Cc1cccs1. The van der Waals surface area contributed by atoms with Gasteiger partial charge in [-0.1, -0.05) is 35.3 Å². The number of carbonyl (C=O) groups excluding carboxylic acids is 1. The maximum absolute atomic E-state index is 11.6. The van der Waals surface area contributed by atoms with Crippen molar-refractivity contribution in [3.63, 3.8) is 0 Å². The van der Waals surface area contributed by atoms with E-state index in [4.69, 9.17) is 0 Å². The standard InChI is InChI=1S/C12H18BrNOS/c1-2-10(5-6-13)9-14-12(15)8-11-4-3-7-16-11/h3-4,7,10H,2,5-6,8-9H2,1H3,(H,14,15). The number of rotatable bonds is 7. The third-order valence-corrected chi connectivity index (χ3v) is 3.93. The summed E-state index contributed by atoms with van der Waals surface area (Å²) < 4.78 is 0. The summed E-state index contributed by atoms with van der Waals surface area (Å²) in [5.74, 6) is 0.724. The minimum Gasteiger partial charge on any atom is -0.356 e. The van der Waals surface area contributed by atoms with E-state index >= 15 is 0 Å². The average molecular weight is 304 g/mol. The van der Waals surface area contributed by atoms with Crippen LogP contribution in [0.15, 0.2) is 17.5 Å². The first-order valence-corrected chi connectivity index (χ1v) is 7.61. The molecule has 0 fully saturated rings. The Bertz CT molecular complexity index is 300. The minimum absolute atomic E-state index is 0.135. The Morgan fingerprint density at radius 1 is 1.62 bits per heavy atom. The lowest BCUT2D eigenvalue weighted by Crippen LogP contribution is -2.30. The highest BCUT2D eigenvalue weighted by molar-refractivity contribution is 9.09. The van der Waals surface area contributed by atoms with Crippen LogP contribution in [0.25, 0.3) is 0 Å². The second-order valence-electron chi connectivity index (χ2n) is 3.81. The zero-order valence-corrected chi connectivity index (χ0v) is 11.9. The quantitative estimate of drug-likeness (QED) is 0.770. The molecular formula is C12H18BrNOS. The number of halogens is 1. The van der Waals surface area contributed by atoms with Crippen molar-refractivity contribution in [2.45, 2.75) is 26.2 Å². The summed E-state index contributed by atoms with van der Waals surface area (Å²) in [5, 5.41) is 6.01. The van der Waals surface area contributed by atoms with E-state index in [-0.39, 0.29) is 5.91 Å². The smallest absolute Gasteiger partial charge is 0.225 e. The summed E-state index contributed by atoms with van der Waals surface area (Å²) in [6.45, 7) is 2.96. The van der Waals surface area contributed by atoms with Gasteiger partial charge in [0.15, 0.2) is 0 Å². The van der Waals surface area contributed by atoms with Crippen LogP contribution in [0.3, 0.4) is 0 Å². The summed E-state index contributed by atoms with van der Waals surface area (Å²) >= 11 is 5.07. The van der Waals surface area contributed by atoms with E-state index in [0.29, 0.717) is 12.3 Å². The van der Waals surface area contributed by atoms with Gasteiger partial charge in [-0.25, -0.2) is 0 Å². The first-order valence-electron chi connectivity index (χ1n) is 5.61. The molecule has 0 aliphatic heterocycles. The zero-order chi connectivity index (χ0) is 11.8. The molecule has 0 saturated carbocycles. The summed E-state index contributed by atoms with van der Waals surface area (Å²) in [4.78, 5) is 12.7. The highest BCUT2D eigenvalue weighted by Gasteiger charge is 2.08. The molecule has 0 aliphatic rings. The molecule has 90 valence electrons. The molecule has 0 saturated heterocycles. The Kier molecular flexibility index (Phi) is 6.73. The number of thiophene rings is 1. The monoisotopic (exact) mass is 303 g/mol. The van der Waals surface area contributed by atoms with Crippen molar-refractivity contribution >= 4 is 33.2 Å². The van der Waals surface area contributed by atoms with Gasteiger partial charge in [0.25, 0.3) is 0 Å². The van der Waals surface area contributed by atoms with E-state index in [0.717, 1.165) is 29.6 Å². The number of hydrogen-bond acceptors (Lipinski definition) is 2. The van der Waals surface area contributed by atoms with Crippen LogP contribution in [0, 0.1) is 5.92 Å². The predicted octanol–water partition coefficient (Wildman–Crippen LogP) is 3.22. The van der Waals surface area contributed by atoms with Crippen LogP contribution in [0.5, 0.6) is 0 Å². The van der Waals surface area contributed by atoms with Crippen LogP contribution < -0.4 is 5.32 Å². The molecule has 0 spiro atoms. The molecule has 1 unspecified atom stereocenters. The largest absolute Gasteiger partial charge is 0.356 e. The Hall–Kier alpha value is -0.350. The van der Waals surface area contributed by atoms with Gasteiger partial charge < -0.3 is 5.32 Å². The van der Waals surface area contributed by atoms with Gasteiger partial charge in [-0.2, -0.15) is 0 Å². The van der Waals surface area contributed by atoms with Gasteiger partial charge in [-0.3, -0.25) is 4.79 Å². The lowest BCUT2D eigenvalue weighted by molar-refractivity contribution is -0.120. The van der Waals surface area contributed by atoms with Crippen molar-refractivity contribution < 1.29 is 4.79 Å². The molecule has 1 N–H and O–H groups in total. The third kappa shape index (κ3) is 5.12. The topological polar surface area (TPSA) is 29.1 Å². The van der Waals surface area contributed by atoms with Gasteiger partial charge >= 0.3 is 0 Å². The zero-order valence-electron chi connectivity index (χ0n) is 9.54. The van der Waals surface area contributed by atoms with E-state index in [2.05, 4.69) is 28.2 Å². The van der Waals surface area contributed by atoms with Crippen LogP contribution >= 0.6 is 27.3 Å². The van der Waals surface area contributed by atoms with Gasteiger partial charge in [0.1, 0.15) is 0 Å². The van der Waals surface area contributed by atoms with Crippen LogP contribution in [0.4, 0.5) is 0 Å². The maximum atomic E-state index is 11.6. The average Bonchev–Trinajstić information content (AvgIpc) is 2.76. The number of nitrogens with one attached hydrogen (secondary N) is 1. The van der Waals surface area contributed by atoms with E-state index in [1.807, 2.05) is 17.5 Å². The Balaban J connectivity index is 2.24. The molecule has 2 nitrogen and oxygen atoms in total. The van der Waals surface area contributed by atoms with E-state index in [9.17, 15) is 4.79 Å². The molecular weight excluding hydrogens is 286 g/mol. The highest BCUT2D eigenvalue weighted by atomic mass is 79.9. The van der Waals surface area contributed by atoms with Crippen molar-refractivity contribution in [1.29, 1.82) is 0 Å². The molecule has 4 heteroatoms. The van der Waals surface area contributed by atoms with Gasteiger partial charge in [0.2, 0.25) is 5.91 Å². The molecule has 16 heavy (non-hydrogen) atoms. The fourth-order valence-corrected chi connectivity index (χ4v) is 2.85. The van der Waals surface area contributed by atoms with Crippen LogP contribution in [0.2, 0.25) is 0 Å². The van der Waals surface area contributed by atoms with Gasteiger partial charge in [-0.05, 0) is 23.8 Å². The van der Waals surface area contributed by atoms with Crippen molar-refractivity contribution in [3.05, 3.63) is 22.4 Å². The molecule has 0 aliphatic carbocycles. The predicted molar refractivity (Wildman–Crippen MR) is 73.2 cm³/mol. The van der Waals surface area contributed by atoms with Crippen LogP contribution in [-0.4, -0.2) is 17.8 Å². The first-order chi connectivity index (χ1) is 7.76. The second kappa shape index (κ2) is 7.85. The van der Waals surface area contributed by atoms with Crippen molar-refractivity contribution in [3.8, 4) is 0 Å². The molecule has 1 heterocycles. The molecule has 1 aromatic rings. The number of carbonyl (C=O) groups is 1. The lowest BCUT2D eigenvalue weighted by atomic mass is 10.0. The molecule has 1 atom stereocenters. The fourth-order valence-electron chi connectivity index (χ4n) is 1.50. The molecule has 1 rings (SSSR count). The van der Waals surface area contributed by atoms with Crippen molar-refractivity contribution in [2.24, 2.45) is 5.92 Å².